The van der Waals surface area contributed by atoms with Crippen molar-refractivity contribution in [2.24, 2.45) is 7.05 Å². The van der Waals surface area contributed by atoms with Gasteiger partial charge in [0.1, 0.15) is 6.07 Å². The second kappa shape index (κ2) is 11.7. The molecule has 1 aliphatic rings. The summed E-state index contributed by atoms with van der Waals surface area (Å²) >= 11 is 0. The number of piperidine rings is 1. The lowest BCUT2D eigenvalue weighted by Gasteiger charge is -2.31. The smallest absolute Gasteiger partial charge is 0.262 e. The number of aryl methyl sites for hydroxylation is 2. The number of anilines is 1. The maximum atomic E-state index is 12.9. The minimum absolute atomic E-state index is 0.0221. The molecule has 1 saturated heterocycles. The Balaban J connectivity index is 1.28. The van der Waals surface area contributed by atoms with Crippen LogP contribution < -0.4 is 10.6 Å². The lowest BCUT2D eigenvalue weighted by Crippen LogP contribution is -2.42. The molecule has 5 rings (SSSR count). The highest BCUT2D eigenvalue weighted by atomic mass is 32.2. The van der Waals surface area contributed by atoms with Gasteiger partial charge in [0.05, 0.1) is 47.1 Å². The number of rotatable bonds is 9. The van der Waals surface area contributed by atoms with E-state index >= 15 is 0 Å². The Morgan fingerprint density at radius 3 is 2.56 bits per heavy atom. The van der Waals surface area contributed by atoms with Gasteiger partial charge in [-0.3, -0.25) is 4.98 Å². The molecule has 214 valence electrons. The molecule has 14 heteroatoms. The van der Waals surface area contributed by atoms with Crippen molar-refractivity contribution >= 4 is 16.0 Å². The van der Waals surface area contributed by atoms with E-state index in [1.807, 2.05) is 25.3 Å². The fraction of sp³-hybridized carbons (Fsp3) is 0.407. The van der Waals surface area contributed by atoms with Crippen molar-refractivity contribution in [1.82, 2.24) is 43.9 Å². The van der Waals surface area contributed by atoms with Crippen LogP contribution in [-0.2, 0) is 23.6 Å². The predicted octanol–water partition coefficient (Wildman–Crippen LogP) is 2.40. The zero-order valence-corrected chi connectivity index (χ0v) is 24.3. The molecule has 0 atom stereocenters. The third kappa shape index (κ3) is 6.27. The maximum Gasteiger partial charge on any atom is 0.262 e. The molecule has 0 spiro atoms. The van der Waals surface area contributed by atoms with Crippen LogP contribution in [0, 0.1) is 18.3 Å². The molecule has 1 fully saturated rings. The number of aromatic nitrogens is 7. The van der Waals surface area contributed by atoms with Crippen LogP contribution in [0.15, 0.2) is 48.3 Å². The highest BCUT2D eigenvalue weighted by molar-refractivity contribution is 7.89. The number of hydrogen-bond acceptors (Lipinski definition) is 10. The lowest BCUT2D eigenvalue weighted by molar-refractivity contribution is 0.328. The highest BCUT2D eigenvalue weighted by Crippen LogP contribution is 2.25. The number of sulfonamides is 1. The van der Waals surface area contributed by atoms with Crippen LogP contribution in [0.25, 0.3) is 16.9 Å². The molecule has 1 aliphatic heterocycles. The molecular weight excluding hydrogens is 542 g/mol. The normalized spacial score (nSPS) is 14.8. The lowest BCUT2D eigenvalue weighted by atomic mass is 10.1. The van der Waals surface area contributed by atoms with Crippen molar-refractivity contribution in [2.45, 2.75) is 57.3 Å². The van der Waals surface area contributed by atoms with Gasteiger partial charge in [-0.05, 0) is 31.9 Å². The molecule has 5 heterocycles. The third-order valence-corrected chi connectivity index (χ3v) is 8.68. The van der Waals surface area contributed by atoms with Gasteiger partial charge in [-0.15, -0.1) is 0 Å². The second-order valence-corrected chi connectivity index (χ2v) is 12.3. The summed E-state index contributed by atoms with van der Waals surface area (Å²) in [5.74, 6) is 0.373. The zero-order chi connectivity index (χ0) is 29.1. The van der Waals surface area contributed by atoms with Crippen LogP contribution in [0.5, 0.6) is 0 Å². The maximum absolute atomic E-state index is 12.9. The summed E-state index contributed by atoms with van der Waals surface area (Å²) in [7, 11) is -1.90. The molecule has 0 saturated carbocycles. The largest absolute Gasteiger partial charge is 0.351 e. The Morgan fingerprint density at radius 1 is 1.12 bits per heavy atom. The van der Waals surface area contributed by atoms with E-state index in [0.717, 1.165) is 17.1 Å². The first-order valence-corrected chi connectivity index (χ1v) is 14.8. The van der Waals surface area contributed by atoms with E-state index in [-0.39, 0.29) is 11.1 Å². The van der Waals surface area contributed by atoms with Gasteiger partial charge in [0.15, 0.2) is 5.03 Å². The fourth-order valence-corrected chi connectivity index (χ4v) is 6.10. The Morgan fingerprint density at radius 2 is 1.90 bits per heavy atom. The number of hydrogen-bond donors (Lipinski definition) is 2. The molecule has 0 bridgehead atoms. The van der Waals surface area contributed by atoms with E-state index < -0.39 is 10.0 Å². The topological polar surface area (TPSA) is 160 Å². The van der Waals surface area contributed by atoms with Crippen molar-refractivity contribution in [2.75, 3.05) is 18.4 Å². The first-order valence-electron chi connectivity index (χ1n) is 13.4. The van der Waals surface area contributed by atoms with Crippen molar-refractivity contribution in [3.05, 3.63) is 60.2 Å². The van der Waals surface area contributed by atoms with Crippen molar-refractivity contribution in [3.8, 4) is 23.0 Å². The number of pyridine rings is 1. The fourth-order valence-electron chi connectivity index (χ4n) is 4.66. The first-order chi connectivity index (χ1) is 19.6. The van der Waals surface area contributed by atoms with Crippen molar-refractivity contribution in [3.63, 3.8) is 0 Å². The van der Waals surface area contributed by atoms with Gasteiger partial charge >= 0.3 is 0 Å². The third-order valence-electron chi connectivity index (χ3n) is 6.89. The second-order valence-electron chi connectivity index (χ2n) is 10.4. The van der Waals surface area contributed by atoms with Crippen LogP contribution in [0.1, 0.15) is 43.6 Å². The SMILES string of the molecule is Cc1nc(CNC(C)C)ccc1-n1cc(-c2nc(NC3CCN(S(=O)(=O)c4cn(C)cn4)CC3)ncc2C#N)cn1. The molecule has 13 nitrogen and oxygen atoms in total. The van der Waals surface area contributed by atoms with Crippen LogP contribution in [-0.4, -0.2) is 72.2 Å². The summed E-state index contributed by atoms with van der Waals surface area (Å²) in [5.41, 5.74) is 4.10. The molecule has 4 aromatic rings. The number of imidazole rings is 1. The Kier molecular flexibility index (Phi) is 8.11. The molecule has 0 unspecified atom stereocenters. The Labute approximate surface area is 239 Å². The van der Waals surface area contributed by atoms with Crippen molar-refractivity contribution in [1.29, 1.82) is 5.26 Å². The minimum atomic E-state index is -3.63. The number of nitrogens with one attached hydrogen (secondary N) is 2. The van der Waals surface area contributed by atoms with Crippen LogP contribution >= 0.6 is 0 Å². The molecule has 0 aromatic carbocycles. The average Bonchev–Trinajstić information content (AvgIpc) is 3.62. The van der Waals surface area contributed by atoms with Gasteiger partial charge in [0.2, 0.25) is 5.95 Å². The van der Waals surface area contributed by atoms with Crippen LogP contribution in [0.2, 0.25) is 0 Å². The zero-order valence-electron chi connectivity index (χ0n) is 23.5. The van der Waals surface area contributed by atoms with Gasteiger partial charge < -0.3 is 15.2 Å². The highest BCUT2D eigenvalue weighted by Gasteiger charge is 2.31. The molecule has 41 heavy (non-hydrogen) atoms. The van der Waals surface area contributed by atoms with Crippen molar-refractivity contribution < 1.29 is 8.42 Å². The van der Waals surface area contributed by atoms with E-state index in [0.29, 0.717) is 61.3 Å². The summed E-state index contributed by atoms with van der Waals surface area (Å²) in [6.45, 7) is 7.52. The van der Waals surface area contributed by atoms with Gasteiger partial charge in [-0.1, -0.05) is 13.8 Å². The summed E-state index contributed by atoms with van der Waals surface area (Å²) in [4.78, 5) is 17.7. The predicted molar refractivity (Wildman–Crippen MR) is 152 cm³/mol. The summed E-state index contributed by atoms with van der Waals surface area (Å²) in [6.07, 6.45) is 9.13. The average molecular weight is 576 g/mol. The van der Waals surface area contributed by atoms with Gasteiger partial charge in [-0.2, -0.15) is 14.7 Å². The molecule has 0 radical (unpaired) electrons. The standard InChI is InChI=1S/C27H33N11O2S/c1-18(2)29-14-23-5-6-24(19(3)33-23)38-15-21(13-32-38)26-20(11-28)12-30-27(35-26)34-22-7-9-37(10-8-22)41(39,40)25-16-36(4)17-31-25/h5-6,12-13,15-18,22,29H,7-10,14H2,1-4H3,(H,30,34,35). The van der Waals surface area contributed by atoms with E-state index in [2.05, 4.69) is 50.6 Å². The number of nitrogens with zero attached hydrogens (tertiary/aromatic N) is 9. The molecule has 4 aromatic heterocycles. The van der Waals surface area contributed by atoms with E-state index in [4.69, 9.17) is 4.98 Å². The minimum Gasteiger partial charge on any atom is -0.351 e. The number of nitriles is 1. The Hall–Kier alpha value is -4.19. The van der Waals surface area contributed by atoms with E-state index in [9.17, 15) is 13.7 Å². The van der Waals surface area contributed by atoms with Gasteiger partial charge in [-0.25, -0.2) is 28.1 Å². The quantitative estimate of drug-likeness (QED) is 0.303. The van der Waals surface area contributed by atoms with E-state index in [1.54, 1.807) is 22.5 Å². The summed E-state index contributed by atoms with van der Waals surface area (Å²) < 4.78 is 30.6. The molecule has 0 aliphatic carbocycles. The summed E-state index contributed by atoms with van der Waals surface area (Å²) in [5, 5.41) is 21.0. The monoisotopic (exact) mass is 575 g/mol. The van der Waals surface area contributed by atoms with Gasteiger partial charge in [0.25, 0.3) is 10.0 Å². The molecular formula is C27H33N11O2S. The first kappa shape index (κ1) is 28.3. The van der Waals surface area contributed by atoms with Gasteiger partial charge in [0, 0.05) is 56.7 Å². The molecule has 2 N–H and O–H groups in total. The van der Waals surface area contributed by atoms with Crippen LogP contribution in [0.4, 0.5) is 5.95 Å². The molecule has 0 amide bonds. The van der Waals surface area contributed by atoms with E-state index in [1.165, 1.54) is 23.0 Å². The Bertz CT molecular complexity index is 1680. The summed E-state index contributed by atoms with van der Waals surface area (Å²) in [6, 6.07) is 6.46. The van der Waals surface area contributed by atoms with Crippen LogP contribution in [0.3, 0.4) is 0 Å².